The summed E-state index contributed by atoms with van der Waals surface area (Å²) >= 11 is 0. The SMILES string of the molecule is Cc1cc(C)c2nccc(NCCCN(C)C)c2c1[NH+]([O-])O.Cl. The molecule has 0 spiro atoms. The second-order valence-electron chi connectivity index (χ2n) is 5.86. The average molecular weight is 341 g/mol. The average Bonchev–Trinajstić information content (AvgIpc) is 2.43. The normalized spacial score (nSPS) is 12.3. The van der Waals surface area contributed by atoms with E-state index in [1.165, 1.54) is 0 Å². The van der Waals surface area contributed by atoms with E-state index in [1.54, 1.807) is 6.20 Å². The number of aromatic nitrogens is 1. The van der Waals surface area contributed by atoms with E-state index in [1.807, 2.05) is 40.1 Å². The van der Waals surface area contributed by atoms with Crippen molar-refractivity contribution in [2.75, 3.05) is 32.5 Å². The summed E-state index contributed by atoms with van der Waals surface area (Å²) in [6.45, 7) is 5.58. The fourth-order valence-corrected chi connectivity index (χ4v) is 2.72. The van der Waals surface area contributed by atoms with Gasteiger partial charge in [0.15, 0.2) is 5.69 Å². The zero-order valence-electron chi connectivity index (χ0n) is 14.0. The third-order valence-electron chi connectivity index (χ3n) is 3.71. The lowest BCUT2D eigenvalue weighted by Crippen LogP contribution is -2.99. The van der Waals surface area contributed by atoms with E-state index in [9.17, 15) is 10.4 Å². The Kier molecular flexibility index (Phi) is 7.18. The number of nitrogens with one attached hydrogen (secondary N) is 2. The van der Waals surface area contributed by atoms with E-state index in [0.717, 1.165) is 41.8 Å². The van der Waals surface area contributed by atoms with Crippen LogP contribution < -0.4 is 10.5 Å². The fraction of sp³-hybridized carbons (Fsp3) is 0.438. The maximum Gasteiger partial charge on any atom is 0.178 e. The smallest absolute Gasteiger partial charge is 0.178 e. The van der Waals surface area contributed by atoms with Crippen LogP contribution >= 0.6 is 12.4 Å². The van der Waals surface area contributed by atoms with Gasteiger partial charge in [-0.2, -0.15) is 5.23 Å². The Hall–Kier alpha value is -1.44. The van der Waals surface area contributed by atoms with E-state index >= 15 is 0 Å². The number of nitrogens with zero attached hydrogens (tertiary/aromatic N) is 2. The van der Waals surface area contributed by atoms with Crippen LogP contribution in [0.15, 0.2) is 18.3 Å². The first-order valence-electron chi connectivity index (χ1n) is 7.42. The van der Waals surface area contributed by atoms with Crippen molar-refractivity contribution in [2.24, 2.45) is 0 Å². The van der Waals surface area contributed by atoms with Gasteiger partial charge in [-0.25, -0.2) is 5.21 Å². The molecule has 0 aliphatic heterocycles. The lowest BCUT2D eigenvalue weighted by Gasteiger charge is -2.20. The van der Waals surface area contributed by atoms with Gasteiger partial charge in [0.1, 0.15) is 0 Å². The molecule has 7 heteroatoms. The molecule has 0 saturated carbocycles. The molecule has 2 aromatic rings. The van der Waals surface area contributed by atoms with Gasteiger partial charge in [-0.05, 0) is 58.6 Å². The van der Waals surface area contributed by atoms with Crippen molar-refractivity contribution in [3.05, 3.63) is 34.7 Å². The Morgan fingerprint density at radius 3 is 2.61 bits per heavy atom. The van der Waals surface area contributed by atoms with E-state index in [-0.39, 0.29) is 12.4 Å². The number of anilines is 1. The molecule has 0 aliphatic rings. The first-order valence-corrected chi connectivity index (χ1v) is 7.42. The first kappa shape index (κ1) is 19.6. The molecule has 0 saturated heterocycles. The molecule has 1 aromatic carbocycles. The quantitative estimate of drug-likeness (QED) is 0.554. The minimum atomic E-state index is -0.910. The van der Waals surface area contributed by atoms with Crippen molar-refractivity contribution in [3.63, 3.8) is 0 Å². The second-order valence-corrected chi connectivity index (χ2v) is 5.86. The lowest BCUT2D eigenvalue weighted by atomic mass is 10.0. The van der Waals surface area contributed by atoms with Crippen molar-refractivity contribution in [2.45, 2.75) is 20.3 Å². The number of quaternary nitrogens is 1. The van der Waals surface area contributed by atoms with Crippen LogP contribution in [-0.4, -0.2) is 42.3 Å². The third-order valence-corrected chi connectivity index (χ3v) is 3.71. The summed E-state index contributed by atoms with van der Waals surface area (Å²) in [6.07, 6.45) is 2.72. The van der Waals surface area contributed by atoms with Gasteiger partial charge in [0, 0.05) is 18.3 Å². The van der Waals surface area contributed by atoms with Gasteiger partial charge in [0.05, 0.1) is 16.6 Å². The van der Waals surface area contributed by atoms with Crippen LogP contribution in [0.5, 0.6) is 0 Å². The maximum absolute atomic E-state index is 11.7. The number of hydrogen-bond donors (Lipinski definition) is 3. The summed E-state index contributed by atoms with van der Waals surface area (Å²) in [7, 11) is 4.08. The summed E-state index contributed by atoms with van der Waals surface area (Å²) in [6, 6.07) is 3.73. The number of rotatable bonds is 6. The molecule has 128 valence electrons. The fourth-order valence-electron chi connectivity index (χ4n) is 2.72. The highest BCUT2D eigenvalue weighted by Gasteiger charge is 2.17. The molecule has 1 aromatic heterocycles. The van der Waals surface area contributed by atoms with Crippen LogP contribution in [0, 0.1) is 19.1 Å². The van der Waals surface area contributed by atoms with Gasteiger partial charge >= 0.3 is 0 Å². The Morgan fingerprint density at radius 2 is 2.00 bits per heavy atom. The molecule has 1 unspecified atom stereocenters. The van der Waals surface area contributed by atoms with Crippen LogP contribution in [0.25, 0.3) is 10.9 Å². The van der Waals surface area contributed by atoms with Gasteiger partial charge < -0.3 is 15.4 Å². The third kappa shape index (κ3) is 4.53. The Balaban J connectivity index is 0.00000264. The second kappa shape index (κ2) is 8.42. The molecule has 1 atom stereocenters. The molecule has 23 heavy (non-hydrogen) atoms. The minimum Gasteiger partial charge on any atom is -0.595 e. The van der Waals surface area contributed by atoms with Gasteiger partial charge in [-0.3, -0.25) is 4.98 Å². The summed E-state index contributed by atoms with van der Waals surface area (Å²) in [5.41, 5.74) is 3.69. The highest BCUT2D eigenvalue weighted by Crippen LogP contribution is 2.32. The summed E-state index contributed by atoms with van der Waals surface area (Å²) in [5, 5.41) is 24.4. The number of aryl methyl sites for hydroxylation is 2. The molecule has 6 nitrogen and oxygen atoms in total. The van der Waals surface area contributed by atoms with E-state index in [4.69, 9.17) is 0 Å². The largest absolute Gasteiger partial charge is 0.595 e. The topological polar surface area (TPSA) is 75.9 Å². The zero-order valence-corrected chi connectivity index (χ0v) is 14.8. The lowest BCUT2D eigenvalue weighted by molar-refractivity contribution is -0.990. The molecule has 2 rings (SSSR count). The van der Waals surface area contributed by atoms with Gasteiger partial charge in [-0.1, -0.05) is 0 Å². The molecule has 0 aliphatic carbocycles. The number of pyridine rings is 1. The monoisotopic (exact) mass is 340 g/mol. The number of halogens is 1. The molecular weight excluding hydrogens is 316 g/mol. The van der Waals surface area contributed by atoms with Crippen molar-refractivity contribution in [3.8, 4) is 0 Å². The van der Waals surface area contributed by atoms with Crippen molar-refractivity contribution in [1.29, 1.82) is 0 Å². The number of fused-ring (bicyclic) bond motifs is 1. The molecule has 0 amide bonds. The van der Waals surface area contributed by atoms with Gasteiger partial charge in [-0.15, -0.1) is 12.4 Å². The summed E-state index contributed by atoms with van der Waals surface area (Å²) in [4.78, 5) is 6.50. The summed E-state index contributed by atoms with van der Waals surface area (Å²) < 4.78 is 0. The molecule has 3 N–H and O–H groups in total. The molecule has 1 heterocycles. The minimum absolute atomic E-state index is 0. The first-order chi connectivity index (χ1) is 10.4. The van der Waals surface area contributed by atoms with Crippen LogP contribution in [0.3, 0.4) is 0 Å². The number of hydrogen-bond acceptors (Lipinski definition) is 5. The van der Waals surface area contributed by atoms with Gasteiger partial charge in [0.2, 0.25) is 0 Å². The van der Waals surface area contributed by atoms with E-state index in [0.29, 0.717) is 11.1 Å². The molecule has 0 radical (unpaired) electrons. The molecular formula is C16H25ClN4O2. The standard InChI is InChI=1S/C16H24N4O2.ClH/c1-11-10-12(2)16(20(21)22)14-13(6-8-18-15(11)14)17-7-5-9-19(3)4;/h6,8,10,20-21H,5,7,9H2,1-4H3,(H,17,18);1H. The van der Waals surface area contributed by atoms with Crippen molar-refractivity contribution in [1.82, 2.24) is 9.88 Å². The number of benzene rings is 1. The van der Waals surface area contributed by atoms with Crippen molar-refractivity contribution >= 4 is 34.7 Å². The highest BCUT2D eigenvalue weighted by atomic mass is 35.5. The van der Waals surface area contributed by atoms with Crippen LogP contribution in [0.1, 0.15) is 17.5 Å². The zero-order chi connectivity index (χ0) is 16.3. The molecule has 0 fully saturated rings. The van der Waals surface area contributed by atoms with Crippen LogP contribution in [0.2, 0.25) is 0 Å². The Morgan fingerprint density at radius 1 is 1.30 bits per heavy atom. The Labute approximate surface area is 143 Å². The van der Waals surface area contributed by atoms with Crippen molar-refractivity contribution < 1.29 is 10.4 Å². The van der Waals surface area contributed by atoms with Gasteiger partial charge in [0.25, 0.3) is 0 Å². The maximum atomic E-state index is 11.7. The predicted octanol–water partition coefficient (Wildman–Crippen LogP) is 2.04. The van der Waals surface area contributed by atoms with Crippen LogP contribution in [0.4, 0.5) is 11.4 Å². The predicted molar refractivity (Wildman–Crippen MR) is 95.9 cm³/mol. The van der Waals surface area contributed by atoms with E-state index < -0.39 is 5.23 Å². The highest BCUT2D eigenvalue weighted by molar-refractivity contribution is 6.01. The Bertz CT molecular complexity index is 662. The summed E-state index contributed by atoms with van der Waals surface area (Å²) in [5.74, 6) is 0. The van der Waals surface area contributed by atoms with E-state index in [2.05, 4.69) is 15.2 Å². The van der Waals surface area contributed by atoms with Crippen LogP contribution in [-0.2, 0) is 0 Å². The molecule has 0 bridgehead atoms.